The maximum Gasteiger partial charge on any atom is 0.202 e. The minimum Gasteiger partial charge on any atom is -0.356 e. The minimum absolute atomic E-state index is 0.533. The predicted molar refractivity (Wildman–Crippen MR) is 66.8 cm³/mol. The van der Waals surface area contributed by atoms with Crippen LogP contribution in [0.3, 0.4) is 0 Å². The summed E-state index contributed by atoms with van der Waals surface area (Å²) in [5.41, 5.74) is 0. The molecule has 1 unspecified atom stereocenters. The maximum absolute atomic E-state index is 4.15. The van der Waals surface area contributed by atoms with Crippen molar-refractivity contribution in [3.8, 4) is 0 Å². The summed E-state index contributed by atoms with van der Waals surface area (Å²) in [5.74, 6) is 0. The van der Waals surface area contributed by atoms with Crippen molar-refractivity contribution in [1.29, 1.82) is 0 Å². The van der Waals surface area contributed by atoms with E-state index in [4.69, 9.17) is 0 Å². The summed E-state index contributed by atoms with van der Waals surface area (Å²) in [6.45, 7) is 3.47. The summed E-state index contributed by atoms with van der Waals surface area (Å²) >= 11 is 4.91. The largest absolute Gasteiger partial charge is 0.356 e. The number of halogens is 1. The van der Waals surface area contributed by atoms with Crippen LogP contribution >= 0.6 is 27.5 Å². The van der Waals surface area contributed by atoms with Gasteiger partial charge in [-0.15, -0.1) is 0 Å². The molecular formula is C9H15BrN4S. The van der Waals surface area contributed by atoms with E-state index in [2.05, 4.69) is 35.5 Å². The molecule has 1 aromatic rings. The molecule has 0 aromatic carbocycles. The van der Waals surface area contributed by atoms with Crippen LogP contribution in [0, 0.1) is 0 Å². The second kappa shape index (κ2) is 5.77. The Morgan fingerprint density at radius 1 is 1.67 bits per heavy atom. The second-order valence-electron chi connectivity index (χ2n) is 3.72. The second-order valence-corrected chi connectivity index (χ2v) is 5.29. The Morgan fingerprint density at radius 3 is 3.33 bits per heavy atom. The van der Waals surface area contributed by atoms with Crippen molar-refractivity contribution in [2.45, 2.75) is 18.9 Å². The highest BCUT2D eigenvalue weighted by Crippen LogP contribution is 2.16. The lowest BCUT2D eigenvalue weighted by Crippen LogP contribution is -2.42. The van der Waals surface area contributed by atoms with Crippen LogP contribution in [0.2, 0.25) is 0 Å². The quantitative estimate of drug-likeness (QED) is 0.859. The third-order valence-electron chi connectivity index (χ3n) is 2.60. The van der Waals surface area contributed by atoms with Gasteiger partial charge in [-0.25, -0.2) is 4.98 Å². The molecule has 15 heavy (non-hydrogen) atoms. The van der Waals surface area contributed by atoms with E-state index in [1.54, 1.807) is 6.33 Å². The van der Waals surface area contributed by atoms with E-state index < -0.39 is 0 Å². The average Bonchev–Trinajstić information content (AvgIpc) is 2.71. The Morgan fingerprint density at radius 2 is 2.60 bits per heavy atom. The summed E-state index contributed by atoms with van der Waals surface area (Å²) in [5, 5.41) is 5.44. The first-order chi connectivity index (χ1) is 7.38. The Kier molecular flexibility index (Phi) is 4.34. The molecule has 1 fully saturated rings. The highest BCUT2D eigenvalue weighted by Gasteiger charge is 2.19. The van der Waals surface area contributed by atoms with Gasteiger partial charge in [0.25, 0.3) is 0 Å². The zero-order valence-electron chi connectivity index (χ0n) is 8.53. The fraction of sp³-hybridized carbons (Fsp3) is 0.778. The first-order valence-corrected chi connectivity index (χ1v) is 7.09. The molecule has 1 aliphatic heterocycles. The van der Waals surface area contributed by atoms with Crippen LogP contribution in [0.5, 0.6) is 0 Å². The predicted octanol–water partition coefficient (Wildman–Crippen LogP) is 1.81. The number of nitrogens with zero attached hydrogens (tertiary/aromatic N) is 3. The van der Waals surface area contributed by atoms with Crippen LogP contribution in [-0.4, -0.2) is 45.3 Å². The normalized spacial score (nSPS) is 22.9. The van der Waals surface area contributed by atoms with Gasteiger partial charge in [0.2, 0.25) is 5.13 Å². The van der Waals surface area contributed by atoms with E-state index in [-0.39, 0.29) is 0 Å². The van der Waals surface area contributed by atoms with E-state index >= 15 is 0 Å². The first-order valence-electron chi connectivity index (χ1n) is 5.20. The number of rotatable bonds is 4. The van der Waals surface area contributed by atoms with E-state index in [1.807, 2.05) is 0 Å². The zero-order valence-corrected chi connectivity index (χ0v) is 10.9. The van der Waals surface area contributed by atoms with E-state index in [0.29, 0.717) is 6.04 Å². The van der Waals surface area contributed by atoms with Crippen molar-refractivity contribution in [2.75, 3.05) is 30.3 Å². The average molecular weight is 291 g/mol. The van der Waals surface area contributed by atoms with E-state index in [1.165, 1.54) is 30.9 Å². The number of hydrogen-bond acceptors (Lipinski definition) is 5. The standard InChI is InChI=1S/C9H15BrN4S/c10-3-5-14-4-1-2-8(6-14)13-9-11-7-12-15-9/h7-8H,1-6H2,(H,11,12,13). The zero-order chi connectivity index (χ0) is 10.5. The van der Waals surface area contributed by atoms with E-state index in [0.717, 1.165) is 23.6 Å². The molecule has 1 atom stereocenters. The van der Waals surface area contributed by atoms with Crippen molar-refractivity contribution >= 4 is 32.6 Å². The molecule has 1 saturated heterocycles. The van der Waals surface area contributed by atoms with Gasteiger partial charge in [-0.3, -0.25) is 0 Å². The molecule has 2 rings (SSSR count). The van der Waals surface area contributed by atoms with Gasteiger partial charge in [0, 0.05) is 36.0 Å². The molecule has 4 nitrogen and oxygen atoms in total. The Balaban J connectivity index is 1.82. The number of anilines is 1. The van der Waals surface area contributed by atoms with Crippen LogP contribution in [0.1, 0.15) is 12.8 Å². The molecule has 0 amide bonds. The summed E-state index contributed by atoms with van der Waals surface area (Å²) < 4.78 is 3.99. The molecule has 1 N–H and O–H groups in total. The lowest BCUT2D eigenvalue weighted by Gasteiger charge is -2.32. The van der Waals surface area contributed by atoms with Crippen molar-refractivity contribution in [3.05, 3.63) is 6.33 Å². The molecule has 84 valence electrons. The molecule has 1 aliphatic rings. The van der Waals surface area contributed by atoms with E-state index in [9.17, 15) is 0 Å². The molecule has 0 bridgehead atoms. The smallest absolute Gasteiger partial charge is 0.202 e. The summed E-state index contributed by atoms with van der Waals surface area (Å²) in [6.07, 6.45) is 4.11. The number of nitrogens with one attached hydrogen (secondary N) is 1. The van der Waals surface area contributed by atoms with Gasteiger partial charge in [0.05, 0.1) is 0 Å². The SMILES string of the molecule is BrCCN1CCCC(Nc2ncns2)C1. The van der Waals surface area contributed by atoms with Crippen LogP contribution in [0.25, 0.3) is 0 Å². The number of hydrogen-bond donors (Lipinski definition) is 1. The fourth-order valence-electron chi connectivity index (χ4n) is 1.91. The highest BCUT2D eigenvalue weighted by molar-refractivity contribution is 9.09. The third-order valence-corrected chi connectivity index (χ3v) is 3.55. The van der Waals surface area contributed by atoms with Gasteiger partial charge in [0.15, 0.2) is 0 Å². The van der Waals surface area contributed by atoms with Crippen molar-refractivity contribution < 1.29 is 0 Å². The molecule has 0 saturated carbocycles. The monoisotopic (exact) mass is 290 g/mol. The van der Waals surface area contributed by atoms with Crippen LogP contribution < -0.4 is 5.32 Å². The summed E-state index contributed by atoms with van der Waals surface area (Å²) in [4.78, 5) is 6.63. The van der Waals surface area contributed by atoms with Gasteiger partial charge < -0.3 is 10.2 Å². The number of piperidine rings is 1. The molecule has 1 aromatic heterocycles. The maximum atomic E-state index is 4.15. The van der Waals surface area contributed by atoms with Gasteiger partial charge in [-0.1, -0.05) is 15.9 Å². The van der Waals surface area contributed by atoms with Crippen LogP contribution in [0.4, 0.5) is 5.13 Å². The number of aromatic nitrogens is 2. The molecule has 6 heteroatoms. The lowest BCUT2D eigenvalue weighted by molar-refractivity contribution is 0.229. The highest BCUT2D eigenvalue weighted by atomic mass is 79.9. The van der Waals surface area contributed by atoms with Crippen molar-refractivity contribution in [3.63, 3.8) is 0 Å². The molecule has 0 aliphatic carbocycles. The molecule has 0 radical (unpaired) electrons. The van der Waals surface area contributed by atoms with Gasteiger partial charge in [-0.05, 0) is 19.4 Å². The van der Waals surface area contributed by atoms with Crippen molar-refractivity contribution in [1.82, 2.24) is 14.3 Å². The molecular weight excluding hydrogens is 276 g/mol. The minimum atomic E-state index is 0.533. The fourth-order valence-corrected chi connectivity index (χ4v) is 2.92. The number of likely N-dealkylation sites (tertiary alicyclic amines) is 1. The Labute approximate surface area is 102 Å². The lowest BCUT2D eigenvalue weighted by atomic mass is 10.1. The number of alkyl halides is 1. The summed E-state index contributed by atoms with van der Waals surface area (Å²) in [7, 11) is 0. The first kappa shape index (κ1) is 11.3. The van der Waals surface area contributed by atoms with Crippen LogP contribution in [0.15, 0.2) is 6.33 Å². The molecule has 0 spiro atoms. The van der Waals surface area contributed by atoms with Gasteiger partial charge in [0.1, 0.15) is 6.33 Å². The van der Waals surface area contributed by atoms with Crippen molar-refractivity contribution in [2.24, 2.45) is 0 Å². The topological polar surface area (TPSA) is 41.0 Å². The summed E-state index contributed by atoms with van der Waals surface area (Å²) in [6, 6.07) is 0.533. The Hall–Kier alpha value is -0.200. The van der Waals surface area contributed by atoms with Crippen LogP contribution in [-0.2, 0) is 0 Å². The van der Waals surface area contributed by atoms with Gasteiger partial charge in [-0.2, -0.15) is 4.37 Å². The third kappa shape index (κ3) is 3.39. The van der Waals surface area contributed by atoms with Gasteiger partial charge >= 0.3 is 0 Å². The molecule has 2 heterocycles. The Bertz CT molecular complexity index is 278.